The van der Waals surface area contributed by atoms with E-state index in [-0.39, 0.29) is 21.4 Å². The minimum Gasteiger partial charge on any atom is -0.508 e. The standard InChI is InChI=1S/C32H26N2O5S3/c1-21-7-17-27(18-8-21)42(38,39)33-30(36)28(19-22-5-3-2-4-6-22)34-31(37)29(41-32(34)40)20-23-9-11-24(12-10-23)25-13-15-26(35)16-14-25/h2-18,20,28,35H,19H2,1H3,(H,33,36)/b29-20-/t28-/m0/s1. The lowest BCUT2D eigenvalue weighted by Crippen LogP contribution is -2.51. The Labute approximate surface area is 253 Å². The highest BCUT2D eigenvalue weighted by atomic mass is 32.2. The lowest BCUT2D eigenvalue weighted by atomic mass is 10.0. The molecule has 1 fully saturated rings. The van der Waals surface area contributed by atoms with Crippen molar-refractivity contribution in [2.24, 2.45) is 0 Å². The summed E-state index contributed by atoms with van der Waals surface area (Å²) in [4.78, 5) is 28.7. The number of aryl methyl sites for hydroxylation is 1. The van der Waals surface area contributed by atoms with Crippen molar-refractivity contribution in [2.45, 2.75) is 24.3 Å². The number of nitrogens with one attached hydrogen (secondary N) is 1. The summed E-state index contributed by atoms with van der Waals surface area (Å²) >= 11 is 6.61. The third-order valence-corrected chi connectivity index (χ3v) is 9.38. The van der Waals surface area contributed by atoms with Gasteiger partial charge in [-0.3, -0.25) is 14.5 Å². The Balaban J connectivity index is 1.41. The van der Waals surface area contributed by atoms with Crippen LogP contribution < -0.4 is 4.72 Å². The first-order valence-corrected chi connectivity index (χ1v) is 15.7. The Bertz CT molecular complexity index is 1770. The molecule has 0 bridgehead atoms. The third kappa shape index (κ3) is 6.62. The van der Waals surface area contributed by atoms with Crippen LogP contribution in [0.25, 0.3) is 17.2 Å². The first-order valence-electron chi connectivity index (χ1n) is 12.9. The van der Waals surface area contributed by atoms with Gasteiger partial charge in [-0.15, -0.1) is 0 Å². The maximum atomic E-state index is 13.6. The molecular weight excluding hydrogens is 589 g/mol. The van der Waals surface area contributed by atoms with E-state index in [0.29, 0.717) is 4.91 Å². The van der Waals surface area contributed by atoms with Gasteiger partial charge in [-0.1, -0.05) is 108 Å². The first kappa shape index (κ1) is 29.2. The highest BCUT2D eigenvalue weighted by Crippen LogP contribution is 2.35. The lowest BCUT2D eigenvalue weighted by Gasteiger charge is -2.26. The van der Waals surface area contributed by atoms with Crippen LogP contribution in [0.3, 0.4) is 0 Å². The molecule has 4 aromatic carbocycles. The maximum Gasteiger partial charge on any atom is 0.266 e. The number of thioether (sulfide) groups is 1. The number of thiocarbonyl (C=S) groups is 1. The summed E-state index contributed by atoms with van der Waals surface area (Å²) < 4.78 is 28.4. The number of nitrogens with zero attached hydrogens (tertiary/aromatic N) is 1. The molecule has 0 spiro atoms. The Morgan fingerprint density at radius 3 is 2.14 bits per heavy atom. The molecular formula is C32H26N2O5S3. The van der Waals surface area contributed by atoms with Crippen LogP contribution >= 0.6 is 24.0 Å². The molecule has 0 aliphatic carbocycles. The van der Waals surface area contributed by atoms with E-state index in [4.69, 9.17) is 12.2 Å². The molecule has 1 aliphatic heterocycles. The van der Waals surface area contributed by atoms with Gasteiger partial charge in [-0.25, -0.2) is 13.1 Å². The number of rotatable bonds is 8. The maximum absolute atomic E-state index is 13.6. The molecule has 212 valence electrons. The molecule has 10 heteroatoms. The van der Waals surface area contributed by atoms with Gasteiger partial charge in [-0.2, -0.15) is 0 Å². The van der Waals surface area contributed by atoms with E-state index in [9.17, 15) is 23.1 Å². The van der Waals surface area contributed by atoms with Gasteiger partial charge in [0.15, 0.2) is 0 Å². The van der Waals surface area contributed by atoms with Gasteiger partial charge in [0.25, 0.3) is 21.8 Å². The summed E-state index contributed by atoms with van der Waals surface area (Å²) in [6, 6.07) is 28.4. The van der Waals surface area contributed by atoms with Crippen LogP contribution in [-0.4, -0.2) is 40.6 Å². The Morgan fingerprint density at radius 2 is 1.52 bits per heavy atom. The zero-order valence-corrected chi connectivity index (χ0v) is 24.9. The van der Waals surface area contributed by atoms with Crippen LogP contribution in [0.4, 0.5) is 0 Å². The monoisotopic (exact) mass is 614 g/mol. The summed E-state index contributed by atoms with van der Waals surface area (Å²) in [6.45, 7) is 1.83. The zero-order chi connectivity index (χ0) is 29.9. The van der Waals surface area contributed by atoms with Crippen LogP contribution in [0.1, 0.15) is 16.7 Å². The number of amides is 2. The molecule has 1 heterocycles. The molecule has 42 heavy (non-hydrogen) atoms. The second kappa shape index (κ2) is 12.3. The van der Waals surface area contributed by atoms with Gasteiger partial charge in [-0.05, 0) is 59.5 Å². The van der Waals surface area contributed by atoms with Crippen molar-refractivity contribution in [3.8, 4) is 16.9 Å². The van der Waals surface area contributed by atoms with Crippen LogP contribution in [0, 0.1) is 6.92 Å². The molecule has 1 aliphatic rings. The summed E-state index contributed by atoms with van der Waals surface area (Å²) in [5, 5.41) is 9.54. The average molecular weight is 615 g/mol. The van der Waals surface area contributed by atoms with Crippen molar-refractivity contribution in [1.82, 2.24) is 9.62 Å². The van der Waals surface area contributed by atoms with E-state index >= 15 is 0 Å². The summed E-state index contributed by atoms with van der Waals surface area (Å²) in [5.41, 5.74) is 4.24. The number of aromatic hydroxyl groups is 1. The molecule has 2 amide bonds. The van der Waals surface area contributed by atoms with Crippen LogP contribution in [0.15, 0.2) is 113 Å². The van der Waals surface area contributed by atoms with Crippen molar-refractivity contribution in [3.05, 3.63) is 125 Å². The molecule has 0 saturated carbocycles. The lowest BCUT2D eigenvalue weighted by molar-refractivity contribution is -0.131. The van der Waals surface area contributed by atoms with Gasteiger partial charge in [0.1, 0.15) is 16.1 Å². The first-order chi connectivity index (χ1) is 20.1. The zero-order valence-electron chi connectivity index (χ0n) is 22.4. The predicted octanol–water partition coefficient (Wildman–Crippen LogP) is 5.69. The van der Waals surface area contributed by atoms with E-state index in [2.05, 4.69) is 4.72 Å². The molecule has 0 aromatic heterocycles. The number of carbonyl (C=O) groups excluding carboxylic acids is 2. The number of benzene rings is 4. The van der Waals surface area contributed by atoms with Gasteiger partial charge >= 0.3 is 0 Å². The quantitative estimate of drug-likeness (QED) is 0.194. The number of carbonyl (C=O) groups is 2. The fourth-order valence-corrected chi connectivity index (χ4v) is 6.81. The molecule has 0 radical (unpaired) electrons. The smallest absolute Gasteiger partial charge is 0.266 e. The number of phenols is 1. The summed E-state index contributed by atoms with van der Waals surface area (Å²) in [7, 11) is -4.19. The number of hydrogen-bond donors (Lipinski definition) is 2. The summed E-state index contributed by atoms with van der Waals surface area (Å²) in [6.07, 6.45) is 1.76. The molecule has 1 saturated heterocycles. The van der Waals surface area contributed by atoms with Gasteiger partial charge in [0.2, 0.25) is 0 Å². The van der Waals surface area contributed by atoms with E-state index in [1.807, 2.05) is 49.4 Å². The van der Waals surface area contributed by atoms with Crippen molar-refractivity contribution in [3.63, 3.8) is 0 Å². The summed E-state index contributed by atoms with van der Waals surface area (Å²) in [5.74, 6) is -1.14. The SMILES string of the molecule is Cc1ccc(S(=O)(=O)NC(=O)[C@H](Cc2ccccc2)N2C(=O)/C(=C/c3ccc(-c4ccc(O)cc4)cc3)SC2=S)cc1. The van der Waals surface area contributed by atoms with Crippen molar-refractivity contribution in [1.29, 1.82) is 0 Å². The molecule has 2 N–H and O–H groups in total. The largest absolute Gasteiger partial charge is 0.508 e. The molecule has 7 nitrogen and oxygen atoms in total. The fraction of sp³-hybridized carbons (Fsp3) is 0.0938. The molecule has 1 atom stereocenters. The van der Waals surface area contributed by atoms with Crippen LogP contribution in [0.2, 0.25) is 0 Å². The number of hydrogen-bond acceptors (Lipinski definition) is 7. The number of sulfonamides is 1. The normalized spacial score (nSPS) is 15.2. The second-order valence-electron chi connectivity index (χ2n) is 9.71. The van der Waals surface area contributed by atoms with Gasteiger partial charge in [0, 0.05) is 6.42 Å². The number of phenolic OH excluding ortho intramolecular Hbond substituents is 1. The highest BCUT2D eigenvalue weighted by molar-refractivity contribution is 8.26. The molecule has 0 unspecified atom stereocenters. The fourth-order valence-electron chi connectivity index (χ4n) is 4.44. The second-order valence-corrected chi connectivity index (χ2v) is 13.1. The minimum absolute atomic E-state index is 0.0547. The average Bonchev–Trinajstić information content (AvgIpc) is 3.25. The third-order valence-electron chi connectivity index (χ3n) is 6.69. The van der Waals surface area contributed by atoms with Crippen molar-refractivity contribution < 1.29 is 23.1 Å². The van der Waals surface area contributed by atoms with E-state index in [1.54, 1.807) is 54.6 Å². The van der Waals surface area contributed by atoms with Gasteiger partial charge in [0.05, 0.1) is 9.80 Å². The van der Waals surface area contributed by atoms with E-state index in [1.165, 1.54) is 17.0 Å². The molecule has 5 rings (SSSR count). The predicted molar refractivity (Wildman–Crippen MR) is 169 cm³/mol. The van der Waals surface area contributed by atoms with E-state index in [0.717, 1.165) is 39.6 Å². The van der Waals surface area contributed by atoms with E-state index < -0.39 is 27.9 Å². The van der Waals surface area contributed by atoms with Crippen molar-refractivity contribution >= 4 is 56.2 Å². The van der Waals surface area contributed by atoms with Crippen LogP contribution in [0.5, 0.6) is 5.75 Å². The Morgan fingerprint density at radius 1 is 0.929 bits per heavy atom. The minimum atomic E-state index is -4.19. The van der Waals surface area contributed by atoms with Crippen LogP contribution in [-0.2, 0) is 26.0 Å². The Kier molecular flexibility index (Phi) is 8.58. The highest BCUT2D eigenvalue weighted by Gasteiger charge is 2.41. The van der Waals surface area contributed by atoms with Gasteiger partial charge < -0.3 is 5.11 Å². The Hall–Kier alpha value is -4.25. The topological polar surface area (TPSA) is 104 Å². The van der Waals surface area contributed by atoms with Crippen molar-refractivity contribution in [2.75, 3.05) is 0 Å². The molecule has 4 aromatic rings.